The molecule has 0 spiro atoms. The third-order valence-electron chi connectivity index (χ3n) is 4.28. The van der Waals surface area contributed by atoms with E-state index in [1.54, 1.807) is 25.3 Å². The lowest BCUT2D eigenvalue weighted by Gasteiger charge is -2.22. The Kier molecular flexibility index (Phi) is 7.33. The van der Waals surface area contributed by atoms with Gasteiger partial charge in [-0.25, -0.2) is 9.18 Å². The number of hydrogen-bond acceptors (Lipinski definition) is 2. The van der Waals surface area contributed by atoms with Gasteiger partial charge in [0.2, 0.25) is 0 Å². The Hall–Kier alpha value is -3.02. The minimum Gasteiger partial charge on any atom is -0.496 e. The zero-order chi connectivity index (χ0) is 21.5. The second-order valence-electron chi connectivity index (χ2n) is 6.29. The van der Waals surface area contributed by atoms with Gasteiger partial charge in [0.05, 0.1) is 17.8 Å². The van der Waals surface area contributed by atoms with E-state index in [2.05, 4.69) is 5.32 Å². The number of nitrogens with zero attached hydrogens (tertiary/aromatic N) is 1. The molecule has 0 fully saturated rings. The lowest BCUT2D eigenvalue weighted by molar-refractivity contribution is 0.257. The fourth-order valence-corrected chi connectivity index (χ4v) is 3.25. The summed E-state index contributed by atoms with van der Waals surface area (Å²) in [5, 5.41) is 3.55. The second kappa shape index (κ2) is 10.1. The molecule has 0 bridgehead atoms. The molecule has 4 nitrogen and oxygen atoms in total. The van der Waals surface area contributed by atoms with Crippen LogP contribution in [0.4, 0.5) is 20.6 Å². The fourth-order valence-electron chi connectivity index (χ4n) is 2.79. The maximum absolute atomic E-state index is 13.4. The number of amides is 2. The Morgan fingerprint density at radius 2 is 1.83 bits per heavy atom. The summed E-state index contributed by atoms with van der Waals surface area (Å²) in [4.78, 5) is 14.4. The van der Waals surface area contributed by atoms with E-state index in [1.165, 1.54) is 29.2 Å². The lowest BCUT2D eigenvalue weighted by atomic mass is 10.2. The fraction of sp³-hybridized carbons (Fsp3) is 0.0870. The van der Waals surface area contributed by atoms with Gasteiger partial charge in [-0.15, -0.1) is 0 Å². The number of benzene rings is 3. The summed E-state index contributed by atoms with van der Waals surface area (Å²) in [5.41, 5.74) is 1.83. The highest BCUT2D eigenvalue weighted by molar-refractivity contribution is 6.36. The van der Waals surface area contributed by atoms with Crippen molar-refractivity contribution in [2.75, 3.05) is 23.9 Å². The Morgan fingerprint density at radius 3 is 2.53 bits per heavy atom. The van der Waals surface area contributed by atoms with Gasteiger partial charge in [-0.2, -0.15) is 0 Å². The monoisotopic (exact) mass is 444 g/mol. The molecule has 3 rings (SSSR count). The number of nitrogens with one attached hydrogen (secondary N) is 1. The summed E-state index contributed by atoms with van der Waals surface area (Å²) in [7, 11) is 1.60. The average Bonchev–Trinajstić information content (AvgIpc) is 2.74. The number of urea groups is 1. The van der Waals surface area contributed by atoms with Crippen LogP contribution >= 0.6 is 23.2 Å². The smallest absolute Gasteiger partial charge is 0.326 e. The molecule has 0 atom stereocenters. The van der Waals surface area contributed by atoms with Crippen LogP contribution in [0.15, 0.2) is 72.8 Å². The molecule has 0 unspecified atom stereocenters. The van der Waals surface area contributed by atoms with Gasteiger partial charge in [0.15, 0.2) is 0 Å². The van der Waals surface area contributed by atoms with Gasteiger partial charge < -0.3 is 10.1 Å². The summed E-state index contributed by atoms with van der Waals surface area (Å²) in [6.07, 6.45) is 3.68. The summed E-state index contributed by atoms with van der Waals surface area (Å²) < 4.78 is 18.7. The molecule has 2 amide bonds. The number of ether oxygens (including phenoxy) is 1. The lowest BCUT2D eigenvalue weighted by Crippen LogP contribution is -2.35. The first-order chi connectivity index (χ1) is 14.5. The highest BCUT2D eigenvalue weighted by Gasteiger charge is 2.16. The van der Waals surface area contributed by atoms with E-state index in [9.17, 15) is 9.18 Å². The van der Waals surface area contributed by atoms with Crippen LogP contribution in [0.3, 0.4) is 0 Å². The number of carbonyl (C=O) groups excluding carboxylic acids is 1. The molecule has 0 heterocycles. The predicted octanol–water partition coefficient (Wildman–Crippen LogP) is 6.89. The van der Waals surface area contributed by atoms with Gasteiger partial charge in [-0.3, -0.25) is 4.90 Å². The normalized spacial score (nSPS) is 10.8. The van der Waals surface area contributed by atoms with E-state index in [0.29, 0.717) is 21.4 Å². The quantitative estimate of drug-likeness (QED) is 0.449. The maximum atomic E-state index is 13.4. The van der Waals surface area contributed by atoms with Crippen LogP contribution in [0.1, 0.15) is 5.56 Å². The third kappa shape index (κ3) is 5.53. The SMILES string of the molecule is COc1ccccc1/C=C/CN(C(=O)Nc1ccc(Cl)cc1Cl)c1ccc(F)cc1. The van der Waals surface area contributed by atoms with Crippen molar-refractivity contribution in [1.29, 1.82) is 0 Å². The molecule has 1 N–H and O–H groups in total. The van der Waals surface area contributed by atoms with E-state index in [-0.39, 0.29) is 12.4 Å². The zero-order valence-electron chi connectivity index (χ0n) is 16.1. The van der Waals surface area contributed by atoms with Crippen molar-refractivity contribution >= 4 is 46.7 Å². The molecule has 0 aliphatic rings. The largest absolute Gasteiger partial charge is 0.496 e. The number of halogens is 3. The number of rotatable bonds is 6. The van der Waals surface area contributed by atoms with E-state index < -0.39 is 6.03 Å². The van der Waals surface area contributed by atoms with Crippen LogP contribution in [-0.2, 0) is 0 Å². The van der Waals surface area contributed by atoms with Gasteiger partial charge in [-0.05, 0) is 48.5 Å². The minimum absolute atomic E-state index is 0.237. The van der Waals surface area contributed by atoms with Crippen LogP contribution in [0, 0.1) is 5.82 Å². The van der Waals surface area contributed by atoms with Gasteiger partial charge in [0.1, 0.15) is 11.6 Å². The number of carbonyl (C=O) groups is 1. The van der Waals surface area contributed by atoms with Gasteiger partial charge >= 0.3 is 6.03 Å². The van der Waals surface area contributed by atoms with E-state index >= 15 is 0 Å². The standard InChI is InChI=1S/C23H19Cl2FN2O2/c1-30-22-7-3-2-5-16(22)6-4-14-28(19-11-9-18(26)10-12-19)23(29)27-21-13-8-17(24)15-20(21)25/h2-13,15H,14H2,1H3,(H,27,29)/b6-4+. The van der Waals surface area contributed by atoms with Crippen LogP contribution in [-0.4, -0.2) is 19.7 Å². The number of anilines is 2. The Bertz CT molecular complexity index is 1060. The Balaban J connectivity index is 1.83. The van der Waals surface area contributed by atoms with Crippen molar-refractivity contribution in [3.05, 3.63) is 94.2 Å². The van der Waals surface area contributed by atoms with Crippen molar-refractivity contribution in [1.82, 2.24) is 0 Å². The van der Waals surface area contributed by atoms with Crippen LogP contribution in [0.5, 0.6) is 5.75 Å². The van der Waals surface area contributed by atoms with Crippen LogP contribution in [0.25, 0.3) is 6.08 Å². The molecule has 3 aromatic carbocycles. The Morgan fingerprint density at radius 1 is 1.10 bits per heavy atom. The molecule has 0 saturated heterocycles. The van der Waals surface area contributed by atoms with Crippen LogP contribution < -0.4 is 15.0 Å². The average molecular weight is 445 g/mol. The number of hydrogen-bond donors (Lipinski definition) is 1. The molecule has 0 aliphatic heterocycles. The van der Waals surface area contributed by atoms with Gasteiger partial charge in [-0.1, -0.05) is 53.6 Å². The first-order valence-corrected chi connectivity index (χ1v) is 9.82. The molecule has 3 aromatic rings. The second-order valence-corrected chi connectivity index (χ2v) is 7.13. The predicted molar refractivity (Wildman–Crippen MR) is 121 cm³/mol. The highest BCUT2D eigenvalue weighted by Crippen LogP contribution is 2.26. The van der Waals surface area contributed by atoms with Crippen molar-refractivity contribution in [2.24, 2.45) is 0 Å². The molecular formula is C23H19Cl2FN2O2. The molecule has 0 radical (unpaired) electrons. The molecular weight excluding hydrogens is 426 g/mol. The Labute approximate surface area is 184 Å². The zero-order valence-corrected chi connectivity index (χ0v) is 17.6. The molecule has 0 aliphatic carbocycles. The van der Waals surface area contributed by atoms with Crippen molar-refractivity contribution in [3.8, 4) is 5.75 Å². The molecule has 154 valence electrons. The summed E-state index contributed by atoms with van der Waals surface area (Å²) in [6, 6.07) is 17.6. The van der Waals surface area contributed by atoms with E-state index in [1.807, 2.05) is 36.4 Å². The minimum atomic E-state index is -0.421. The van der Waals surface area contributed by atoms with Crippen molar-refractivity contribution in [3.63, 3.8) is 0 Å². The summed E-state index contributed by atoms with van der Waals surface area (Å²) in [5.74, 6) is 0.337. The summed E-state index contributed by atoms with van der Waals surface area (Å²) in [6.45, 7) is 0.237. The van der Waals surface area contributed by atoms with E-state index in [4.69, 9.17) is 27.9 Å². The molecule has 7 heteroatoms. The third-order valence-corrected chi connectivity index (χ3v) is 4.83. The van der Waals surface area contributed by atoms with E-state index in [0.717, 1.165) is 11.3 Å². The maximum Gasteiger partial charge on any atom is 0.326 e. The van der Waals surface area contributed by atoms with Crippen molar-refractivity contribution < 1.29 is 13.9 Å². The highest BCUT2D eigenvalue weighted by atomic mass is 35.5. The first-order valence-electron chi connectivity index (χ1n) is 9.06. The number of methoxy groups -OCH3 is 1. The molecule has 30 heavy (non-hydrogen) atoms. The van der Waals surface area contributed by atoms with Crippen LogP contribution in [0.2, 0.25) is 10.0 Å². The summed E-state index contributed by atoms with van der Waals surface area (Å²) >= 11 is 12.1. The van der Waals surface area contributed by atoms with Gasteiger partial charge in [0, 0.05) is 22.8 Å². The van der Waals surface area contributed by atoms with Crippen molar-refractivity contribution in [2.45, 2.75) is 0 Å². The molecule has 0 saturated carbocycles. The van der Waals surface area contributed by atoms with Gasteiger partial charge in [0.25, 0.3) is 0 Å². The first kappa shape index (κ1) is 21.7. The molecule has 0 aromatic heterocycles. The topological polar surface area (TPSA) is 41.6 Å². The number of para-hydroxylation sites is 1.